The standard InChI is InChI=1S/C24H22N6O/c1-31-15-17-10-7-11-18-21(17)28-24(29-22(18)26-14-16-8-3-2-4-9-16)30-20-13-6-5-12-19(20)27-23(30)25/h2-13H,14-15H2,1H3,(H2,25,27)(H,26,28,29). The molecule has 0 atom stereocenters. The largest absolute Gasteiger partial charge is 0.380 e. The first-order chi connectivity index (χ1) is 15.2. The molecule has 0 aliphatic carbocycles. The van der Waals surface area contributed by atoms with Crippen LogP contribution in [0.1, 0.15) is 11.1 Å². The Kier molecular flexibility index (Phi) is 4.93. The van der Waals surface area contributed by atoms with Gasteiger partial charge in [-0.15, -0.1) is 0 Å². The van der Waals surface area contributed by atoms with E-state index in [1.54, 1.807) is 11.7 Å². The van der Waals surface area contributed by atoms with E-state index < -0.39 is 0 Å². The Bertz CT molecular complexity index is 1360. The van der Waals surface area contributed by atoms with Gasteiger partial charge in [0.2, 0.25) is 11.9 Å². The molecule has 31 heavy (non-hydrogen) atoms. The first-order valence-corrected chi connectivity index (χ1v) is 10.0. The second-order valence-electron chi connectivity index (χ2n) is 7.25. The molecule has 3 aromatic carbocycles. The number of fused-ring (bicyclic) bond motifs is 2. The fraction of sp³-hybridized carbons (Fsp3) is 0.125. The van der Waals surface area contributed by atoms with Crippen LogP contribution in [0.2, 0.25) is 0 Å². The van der Waals surface area contributed by atoms with Gasteiger partial charge in [0.1, 0.15) is 5.82 Å². The monoisotopic (exact) mass is 410 g/mol. The van der Waals surface area contributed by atoms with Crippen molar-refractivity contribution in [2.24, 2.45) is 0 Å². The number of para-hydroxylation sites is 3. The quantitative estimate of drug-likeness (QED) is 0.433. The third-order valence-electron chi connectivity index (χ3n) is 5.19. The predicted molar refractivity (Wildman–Crippen MR) is 123 cm³/mol. The molecule has 154 valence electrons. The van der Waals surface area contributed by atoms with Gasteiger partial charge in [-0.1, -0.05) is 54.6 Å². The van der Waals surface area contributed by atoms with Gasteiger partial charge in [-0.2, -0.15) is 4.98 Å². The van der Waals surface area contributed by atoms with Gasteiger partial charge in [0.05, 0.1) is 23.2 Å². The molecule has 7 heteroatoms. The molecule has 0 radical (unpaired) electrons. The number of anilines is 2. The zero-order valence-electron chi connectivity index (χ0n) is 17.1. The lowest BCUT2D eigenvalue weighted by Gasteiger charge is -2.14. The maximum Gasteiger partial charge on any atom is 0.239 e. The number of hydrogen-bond acceptors (Lipinski definition) is 6. The average Bonchev–Trinajstić information content (AvgIpc) is 3.14. The van der Waals surface area contributed by atoms with E-state index in [-0.39, 0.29) is 0 Å². The van der Waals surface area contributed by atoms with E-state index in [0.717, 1.165) is 38.9 Å². The van der Waals surface area contributed by atoms with Gasteiger partial charge in [-0.25, -0.2) is 14.5 Å². The molecule has 0 fully saturated rings. The first-order valence-electron chi connectivity index (χ1n) is 10.0. The second-order valence-corrected chi connectivity index (χ2v) is 7.25. The molecule has 5 aromatic rings. The molecule has 5 rings (SSSR count). The SMILES string of the molecule is COCc1cccc2c(NCc3ccccc3)nc(-n3c(N)nc4ccccc43)nc12. The summed E-state index contributed by atoms with van der Waals surface area (Å²) in [6, 6.07) is 24.0. The predicted octanol–water partition coefficient (Wildman–Crippen LogP) is 4.31. The lowest BCUT2D eigenvalue weighted by atomic mass is 10.1. The van der Waals surface area contributed by atoms with Gasteiger partial charge in [0.15, 0.2) is 0 Å². The number of nitrogens with one attached hydrogen (secondary N) is 1. The van der Waals surface area contributed by atoms with E-state index in [0.29, 0.717) is 25.0 Å². The van der Waals surface area contributed by atoms with Crippen molar-refractivity contribution in [2.45, 2.75) is 13.2 Å². The third-order valence-corrected chi connectivity index (χ3v) is 5.19. The van der Waals surface area contributed by atoms with Crippen LogP contribution in [0, 0.1) is 0 Å². The van der Waals surface area contributed by atoms with Gasteiger partial charge < -0.3 is 15.8 Å². The zero-order chi connectivity index (χ0) is 21.2. The van der Waals surface area contributed by atoms with Crippen LogP contribution in [0.15, 0.2) is 72.8 Å². The smallest absolute Gasteiger partial charge is 0.239 e. The third kappa shape index (κ3) is 3.55. The number of methoxy groups -OCH3 is 1. The molecule has 3 N–H and O–H groups in total. The van der Waals surface area contributed by atoms with Crippen molar-refractivity contribution in [3.05, 3.63) is 83.9 Å². The molecule has 2 aromatic heterocycles. The molecular formula is C24H22N6O. The van der Waals surface area contributed by atoms with E-state index in [4.69, 9.17) is 20.4 Å². The molecule has 2 heterocycles. The fourth-order valence-electron chi connectivity index (χ4n) is 3.74. The lowest BCUT2D eigenvalue weighted by molar-refractivity contribution is 0.186. The summed E-state index contributed by atoms with van der Waals surface area (Å²) >= 11 is 0. The molecule has 0 saturated heterocycles. The Balaban J connectivity index is 1.69. The maximum atomic E-state index is 6.27. The molecule has 0 saturated carbocycles. The summed E-state index contributed by atoms with van der Waals surface area (Å²) < 4.78 is 7.19. The molecular weight excluding hydrogens is 388 g/mol. The van der Waals surface area contributed by atoms with Gasteiger partial charge in [0.25, 0.3) is 0 Å². The molecule has 0 aliphatic heterocycles. The topological polar surface area (TPSA) is 90.9 Å². The molecule has 0 aliphatic rings. The minimum absolute atomic E-state index is 0.346. The van der Waals surface area contributed by atoms with E-state index in [9.17, 15) is 0 Å². The minimum atomic E-state index is 0.346. The summed E-state index contributed by atoms with van der Waals surface area (Å²) in [5.41, 5.74) is 10.9. The number of ether oxygens (including phenoxy) is 1. The Morgan fingerprint density at radius 3 is 2.55 bits per heavy atom. The number of nitrogens with two attached hydrogens (primary N) is 1. The molecule has 0 unspecified atom stereocenters. The highest BCUT2D eigenvalue weighted by Crippen LogP contribution is 2.28. The van der Waals surface area contributed by atoms with Crippen LogP contribution in [0.5, 0.6) is 0 Å². The molecule has 0 amide bonds. The van der Waals surface area contributed by atoms with Crippen LogP contribution < -0.4 is 11.1 Å². The lowest BCUT2D eigenvalue weighted by Crippen LogP contribution is -2.10. The number of rotatable bonds is 6. The Hall–Kier alpha value is -3.97. The van der Waals surface area contributed by atoms with Crippen molar-refractivity contribution in [1.29, 1.82) is 0 Å². The van der Waals surface area contributed by atoms with Crippen LogP contribution in [-0.2, 0) is 17.9 Å². The van der Waals surface area contributed by atoms with E-state index in [1.807, 2.05) is 60.7 Å². The summed E-state index contributed by atoms with van der Waals surface area (Å²) in [5.74, 6) is 1.55. The maximum absolute atomic E-state index is 6.27. The number of nitrogens with zero attached hydrogens (tertiary/aromatic N) is 4. The van der Waals surface area contributed by atoms with Crippen LogP contribution >= 0.6 is 0 Å². The highest BCUT2D eigenvalue weighted by atomic mass is 16.5. The zero-order valence-corrected chi connectivity index (χ0v) is 17.1. The summed E-state index contributed by atoms with van der Waals surface area (Å²) in [7, 11) is 1.68. The Morgan fingerprint density at radius 1 is 0.903 bits per heavy atom. The van der Waals surface area contributed by atoms with Crippen molar-refractivity contribution in [3.8, 4) is 5.95 Å². The van der Waals surface area contributed by atoms with E-state index in [2.05, 4.69) is 22.4 Å². The minimum Gasteiger partial charge on any atom is -0.380 e. The van der Waals surface area contributed by atoms with Crippen LogP contribution in [0.3, 0.4) is 0 Å². The van der Waals surface area contributed by atoms with Crippen LogP contribution in [0.25, 0.3) is 27.9 Å². The normalized spacial score (nSPS) is 11.3. The van der Waals surface area contributed by atoms with E-state index in [1.165, 1.54) is 0 Å². The number of hydrogen-bond donors (Lipinski definition) is 2. The summed E-state index contributed by atoms with van der Waals surface area (Å²) in [6.07, 6.45) is 0. The fourth-order valence-corrected chi connectivity index (χ4v) is 3.74. The summed E-state index contributed by atoms with van der Waals surface area (Å²) in [4.78, 5) is 14.2. The van der Waals surface area contributed by atoms with Crippen molar-refractivity contribution < 1.29 is 4.74 Å². The number of imidazole rings is 1. The van der Waals surface area contributed by atoms with Crippen molar-refractivity contribution in [3.63, 3.8) is 0 Å². The van der Waals surface area contributed by atoms with Gasteiger partial charge in [-0.3, -0.25) is 0 Å². The summed E-state index contributed by atoms with van der Waals surface area (Å²) in [6.45, 7) is 1.09. The van der Waals surface area contributed by atoms with Crippen LogP contribution in [-0.4, -0.2) is 26.6 Å². The Labute approximate surface area is 179 Å². The molecule has 7 nitrogen and oxygen atoms in total. The number of nitrogen functional groups attached to an aromatic ring is 1. The van der Waals surface area contributed by atoms with Crippen molar-refractivity contribution in [2.75, 3.05) is 18.2 Å². The highest BCUT2D eigenvalue weighted by molar-refractivity contribution is 5.92. The average molecular weight is 410 g/mol. The van der Waals surface area contributed by atoms with E-state index >= 15 is 0 Å². The second kappa shape index (κ2) is 8.04. The first kappa shape index (κ1) is 19.0. The van der Waals surface area contributed by atoms with Gasteiger partial charge >= 0.3 is 0 Å². The number of benzene rings is 3. The molecule has 0 bridgehead atoms. The Morgan fingerprint density at radius 2 is 1.71 bits per heavy atom. The van der Waals surface area contributed by atoms with Crippen molar-refractivity contribution in [1.82, 2.24) is 19.5 Å². The van der Waals surface area contributed by atoms with Gasteiger partial charge in [-0.05, 0) is 23.8 Å². The van der Waals surface area contributed by atoms with Gasteiger partial charge in [0, 0.05) is 24.6 Å². The number of aromatic nitrogens is 4. The molecule has 0 spiro atoms. The van der Waals surface area contributed by atoms with Crippen molar-refractivity contribution >= 4 is 33.7 Å². The summed E-state index contributed by atoms with van der Waals surface area (Å²) in [5, 5.41) is 4.40. The highest BCUT2D eigenvalue weighted by Gasteiger charge is 2.16. The van der Waals surface area contributed by atoms with Crippen LogP contribution in [0.4, 0.5) is 11.8 Å².